The summed E-state index contributed by atoms with van der Waals surface area (Å²) in [5, 5.41) is 29.5. The highest BCUT2D eigenvalue weighted by Crippen LogP contribution is 2.47. The van der Waals surface area contributed by atoms with E-state index >= 15 is 0 Å². The Morgan fingerprint density at radius 1 is 0.685 bits per heavy atom. The molecule has 0 saturated carbocycles. The molecule has 4 aromatic rings. The van der Waals surface area contributed by atoms with Crippen molar-refractivity contribution in [2.45, 2.75) is 39.2 Å². The summed E-state index contributed by atoms with van der Waals surface area (Å²) in [6, 6.07) is 27.7. The summed E-state index contributed by atoms with van der Waals surface area (Å²) >= 11 is 0. The Morgan fingerprint density at radius 3 is 1.71 bits per heavy atom. The summed E-state index contributed by atoms with van der Waals surface area (Å²) in [5.41, 5.74) is 3.45. The minimum Gasteiger partial charge on any atom is -0.474 e. The molecular formula is C56H44F6N4O7. The van der Waals surface area contributed by atoms with Crippen LogP contribution in [0.3, 0.4) is 0 Å². The van der Waals surface area contributed by atoms with Gasteiger partial charge in [0.2, 0.25) is 0 Å². The van der Waals surface area contributed by atoms with E-state index in [1.165, 1.54) is 24.3 Å². The van der Waals surface area contributed by atoms with Crippen molar-refractivity contribution in [1.82, 2.24) is 0 Å². The van der Waals surface area contributed by atoms with Crippen LogP contribution in [0, 0.1) is 39.4 Å². The second-order valence-corrected chi connectivity index (χ2v) is 17.2. The van der Waals surface area contributed by atoms with Crippen LogP contribution in [0.4, 0.5) is 32.0 Å². The lowest BCUT2D eigenvalue weighted by Crippen LogP contribution is -2.32. The highest BCUT2D eigenvalue weighted by atomic mass is 19.3. The van der Waals surface area contributed by atoms with E-state index in [0.717, 1.165) is 59.4 Å². The number of anilines is 1. The Labute approximate surface area is 417 Å². The topological polar surface area (TPSA) is 155 Å². The number of hydrogen-bond acceptors (Lipinski definition) is 11. The standard InChI is InChI=1S/C56H44F6N4O7/c1-55(2)31-37(8-7-11-47-46(35-65)48(41(33-63)34-64)73-56(47,3)42-9-5-4-6-10-42)30-38(32-55)13-12-36-14-20-43(21-15-36)66(26-28-69-53(67)39-16-22-44(23-17-39)71-51(61)49(57)58)27-29-70-54(68)40-18-24-45(25-19-40)72-52(62)50(59)60/h4-25,30H,26-29,31-32H2,1-3H3/b11-7+,13-12+,37-8-. The summed E-state index contributed by atoms with van der Waals surface area (Å²) in [6.45, 7) is 6.03. The van der Waals surface area contributed by atoms with Crippen LogP contribution in [0.15, 0.2) is 191 Å². The van der Waals surface area contributed by atoms with E-state index in [-0.39, 0.29) is 71.2 Å². The lowest BCUT2D eigenvalue weighted by atomic mass is 9.75. The van der Waals surface area contributed by atoms with E-state index in [1.807, 2.05) is 91.0 Å². The van der Waals surface area contributed by atoms with Crippen LogP contribution >= 0.6 is 0 Å². The maximum atomic E-state index is 13.2. The van der Waals surface area contributed by atoms with Crippen LogP contribution in [0.2, 0.25) is 0 Å². The van der Waals surface area contributed by atoms with E-state index in [0.29, 0.717) is 11.3 Å². The van der Waals surface area contributed by atoms with Crippen LogP contribution in [-0.2, 0) is 19.8 Å². The molecule has 1 heterocycles. The average Bonchev–Trinajstić information content (AvgIpc) is 3.66. The number of nitrogens with zero attached hydrogens (tertiary/aromatic N) is 4. The van der Waals surface area contributed by atoms with Gasteiger partial charge in [-0.25, -0.2) is 9.59 Å². The molecule has 0 radical (unpaired) electrons. The molecule has 17 heteroatoms. The lowest BCUT2D eigenvalue weighted by molar-refractivity contribution is 0.0503. The molecule has 372 valence electrons. The Hall–Kier alpha value is -9.01. The van der Waals surface area contributed by atoms with Gasteiger partial charge in [-0.05, 0) is 108 Å². The number of hydrogen-bond donors (Lipinski definition) is 0. The van der Waals surface area contributed by atoms with Gasteiger partial charge in [-0.1, -0.05) is 92.8 Å². The first-order valence-corrected chi connectivity index (χ1v) is 22.3. The number of ether oxygens (including phenoxy) is 5. The van der Waals surface area contributed by atoms with Gasteiger partial charge in [0.15, 0.2) is 16.9 Å². The third-order valence-corrected chi connectivity index (χ3v) is 11.3. The molecule has 1 unspecified atom stereocenters. The van der Waals surface area contributed by atoms with Crippen molar-refractivity contribution in [3.8, 4) is 29.7 Å². The number of carbonyl (C=O) groups excluding carboxylic acids is 2. The van der Waals surface area contributed by atoms with Crippen LogP contribution in [-0.4, -0.2) is 38.2 Å². The summed E-state index contributed by atoms with van der Waals surface area (Å²) in [7, 11) is 0. The predicted molar refractivity (Wildman–Crippen MR) is 257 cm³/mol. The van der Waals surface area contributed by atoms with Gasteiger partial charge >= 0.3 is 36.1 Å². The van der Waals surface area contributed by atoms with Gasteiger partial charge < -0.3 is 28.6 Å². The number of allylic oxidation sites excluding steroid dienone is 8. The molecule has 0 amide bonds. The van der Waals surface area contributed by atoms with Gasteiger partial charge in [-0.3, -0.25) is 0 Å². The maximum absolute atomic E-state index is 13.2. The molecule has 2 aliphatic rings. The van der Waals surface area contributed by atoms with E-state index in [2.05, 4.69) is 35.5 Å². The summed E-state index contributed by atoms with van der Waals surface area (Å²) < 4.78 is 102. The Bertz CT molecular complexity index is 2990. The van der Waals surface area contributed by atoms with Crippen LogP contribution in [0.1, 0.15) is 65.5 Å². The second kappa shape index (κ2) is 24.2. The summed E-state index contributed by atoms with van der Waals surface area (Å²) in [5.74, 6) is -2.14. The lowest BCUT2D eigenvalue weighted by Gasteiger charge is -2.30. The largest absolute Gasteiger partial charge is 0.474 e. The zero-order valence-corrected chi connectivity index (χ0v) is 39.4. The van der Waals surface area contributed by atoms with Crippen molar-refractivity contribution < 1.29 is 59.6 Å². The summed E-state index contributed by atoms with van der Waals surface area (Å²) in [4.78, 5) is 27.5. The molecule has 0 aromatic heterocycles. The van der Waals surface area contributed by atoms with Crippen molar-refractivity contribution >= 4 is 23.7 Å². The Morgan fingerprint density at radius 2 is 1.22 bits per heavy atom. The third-order valence-electron chi connectivity index (χ3n) is 11.3. The predicted octanol–water partition coefficient (Wildman–Crippen LogP) is 13.3. The van der Waals surface area contributed by atoms with E-state index in [1.54, 1.807) is 17.9 Å². The van der Waals surface area contributed by atoms with Crippen LogP contribution in [0.5, 0.6) is 11.5 Å². The molecule has 11 nitrogen and oxygen atoms in total. The van der Waals surface area contributed by atoms with Crippen molar-refractivity contribution in [2.75, 3.05) is 31.2 Å². The molecule has 0 N–H and O–H groups in total. The quantitative estimate of drug-likeness (QED) is 0.0405. The van der Waals surface area contributed by atoms with Gasteiger partial charge in [0.05, 0.1) is 24.2 Å². The number of benzene rings is 4. The molecule has 0 saturated heterocycles. The molecule has 4 aromatic carbocycles. The monoisotopic (exact) mass is 998 g/mol. The molecule has 0 bridgehead atoms. The fourth-order valence-electron chi connectivity index (χ4n) is 7.92. The molecule has 73 heavy (non-hydrogen) atoms. The van der Waals surface area contributed by atoms with Crippen molar-refractivity contribution in [2.24, 2.45) is 5.41 Å². The summed E-state index contributed by atoms with van der Waals surface area (Å²) in [6.07, 6.45) is 7.92. The molecule has 6 rings (SSSR count). The first-order valence-electron chi connectivity index (χ1n) is 22.3. The average molecular weight is 999 g/mol. The minimum atomic E-state index is -2.64. The van der Waals surface area contributed by atoms with E-state index < -0.39 is 41.7 Å². The third kappa shape index (κ3) is 14.1. The number of esters is 2. The van der Waals surface area contributed by atoms with Gasteiger partial charge in [-0.15, -0.1) is 0 Å². The minimum absolute atomic E-state index is 0.0342. The molecule has 1 atom stereocenters. The molecular weight excluding hydrogens is 955 g/mol. The number of halogens is 6. The van der Waals surface area contributed by atoms with Crippen molar-refractivity contribution in [1.29, 1.82) is 15.8 Å². The Kier molecular flexibility index (Phi) is 17.7. The highest BCUT2D eigenvalue weighted by Gasteiger charge is 2.43. The van der Waals surface area contributed by atoms with Gasteiger partial charge in [0.1, 0.15) is 48.5 Å². The smallest absolute Gasteiger partial charge is 0.344 e. The van der Waals surface area contributed by atoms with Crippen molar-refractivity contribution in [3.05, 3.63) is 214 Å². The first kappa shape index (κ1) is 53.3. The van der Waals surface area contributed by atoms with Gasteiger partial charge in [0, 0.05) is 11.3 Å². The number of nitriles is 3. The van der Waals surface area contributed by atoms with E-state index in [4.69, 9.17) is 14.2 Å². The fourth-order valence-corrected chi connectivity index (χ4v) is 7.92. The van der Waals surface area contributed by atoms with Crippen LogP contribution in [0.25, 0.3) is 6.08 Å². The van der Waals surface area contributed by atoms with Crippen molar-refractivity contribution in [3.63, 3.8) is 0 Å². The fraction of sp³-hybridized carbons (Fsp3) is 0.196. The molecule has 1 aliphatic carbocycles. The number of carbonyl (C=O) groups is 2. The first-order chi connectivity index (χ1) is 34.9. The Balaban J connectivity index is 1.17. The SMILES string of the molecule is CC1(C)CC(/C=C/c2ccc(N(CCOC(=O)c3ccc(OC(F)=C(F)F)cc3)CCOC(=O)c3ccc(OC(F)=C(F)F)cc3)cc2)=CC(=C/C=C/C2=C(C#N)C(=C(C#N)C#N)OC2(C)c2ccccc2)/C1. The normalized spacial score (nSPS) is 16.4. The molecule has 1 aliphatic heterocycles. The van der Waals surface area contributed by atoms with E-state index in [9.17, 15) is 51.7 Å². The molecule has 0 spiro atoms. The van der Waals surface area contributed by atoms with Gasteiger partial charge in [0.25, 0.3) is 0 Å². The second-order valence-electron chi connectivity index (χ2n) is 17.2. The van der Waals surface area contributed by atoms with Crippen LogP contribution < -0.4 is 14.4 Å². The number of rotatable bonds is 18. The maximum Gasteiger partial charge on any atom is 0.344 e. The van der Waals surface area contributed by atoms with Gasteiger partial charge in [-0.2, -0.15) is 42.1 Å². The molecule has 0 fully saturated rings. The zero-order valence-electron chi connectivity index (χ0n) is 39.4. The highest BCUT2D eigenvalue weighted by molar-refractivity contribution is 5.90. The zero-order chi connectivity index (χ0) is 52.7.